The molecule has 3 N–H and O–H groups in total. The Bertz CT molecular complexity index is 1070. The van der Waals surface area contributed by atoms with E-state index in [1.54, 1.807) is 0 Å². The molecule has 3 atom stereocenters. The zero-order valence-electron chi connectivity index (χ0n) is 19.9. The van der Waals surface area contributed by atoms with E-state index in [0.717, 1.165) is 0 Å². The molecule has 2 aliphatic rings. The van der Waals surface area contributed by atoms with Gasteiger partial charge in [-0.3, -0.25) is 9.59 Å². The highest BCUT2D eigenvalue weighted by atomic mass is 16.5. The van der Waals surface area contributed by atoms with Crippen LogP contribution in [0.1, 0.15) is 49.7 Å². The Morgan fingerprint density at radius 2 is 1.71 bits per heavy atom. The third-order valence-corrected chi connectivity index (χ3v) is 6.81. The SMILES string of the molecule is CC(CCNC(=O)OCC1c2ccccc2-c2ccccc21)CC(=O)N[C@H]1C=CC[C@H](C(=O)O)C1. The summed E-state index contributed by atoms with van der Waals surface area (Å²) in [6.07, 6.45) is 5.07. The van der Waals surface area contributed by atoms with E-state index in [2.05, 4.69) is 34.9 Å². The number of aliphatic carboxylic acids is 1. The van der Waals surface area contributed by atoms with Gasteiger partial charge in [0.1, 0.15) is 6.61 Å². The topological polar surface area (TPSA) is 105 Å². The van der Waals surface area contributed by atoms with Gasteiger partial charge in [-0.25, -0.2) is 4.79 Å². The van der Waals surface area contributed by atoms with Crippen LogP contribution in [-0.2, 0) is 14.3 Å². The average Bonchev–Trinajstić information content (AvgIpc) is 3.16. The molecule has 184 valence electrons. The molecule has 2 aromatic carbocycles. The van der Waals surface area contributed by atoms with Crippen LogP contribution in [0.5, 0.6) is 0 Å². The molecule has 2 aliphatic carbocycles. The monoisotopic (exact) mass is 476 g/mol. The maximum Gasteiger partial charge on any atom is 0.407 e. The summed E-state index contributed by atoms with van der Waals surface area (Å²) < 4.78 is 5.55. The lowest BCUT2D eigenvalue weighted by atomic mass is 9.91. The van der Waals surface area contributed by atoms with Crippen LogP contribution < -0.4 is 10.6 Å². The highest BCUT2D eigenvalue weighted by Gasteiger charge is 2.29. The van der Waals surface area contributed by atoms with Gasteiger partial charge in [-0.15, -0.1) is 0 Å². The molecule has 0 heterocycles. The van der Waals surface area contributed by atoms with Crippen LogP contribution in [0.25, 0.3) is 11.1 Å². The second-order valence-corrected chi connectivity index (χ2v) is 9.46. The summed E-state index contributed by atoms with van der Waals surface area (Å²) >= 11 is 0. The first-order chi connectivity index (χ1) is 16.9. The number of nitrogens with one attached hydrogen (secondary N) is 2. The number of carbonyl (C=O) groups is 3. The number of ether oxygens (including phenoxy) is 1. The van der Waals surface area contributed by atoms with Crippen LogP contribution in [0.3, 0.4) is 0 Å². The molecule has 0 radical (unpaired) electrons. The number of hydrogen-bond donors (Lipinski definition) is 3. The van der Waals surface area contributed by atoms with Gasteiger partial charge >= 0.3 is 12.1 Å². The van der Waals surface area contributed by atoms with Crippen molar-refractivity contribution in [3.05, 3.63) is 71.8 Å². The fourth-order valence-electron chi connectivity index (χ4n) is 4.95. The van der Waals surface area contributed by atoms with Crippen molar-refractivity contribution in [3.63, 3.8) is 0 Å². The molecule has 2 aromatic rings. The van der Waals surface area contributed by atoms with Crippen molar-refractivity contribution in [1.29, 1.82) is 0 Å². The van der Waals surface area contributed by atoms with E-state index in [-0.39, 0.29) is 30.4 Å². The minimum Gasteiger partial charge on any atom is -0.481 e. The average molecular weight is 477 g/mol. The predicted octanol–water partition coefficient (Wildman–Crippen LogP) is 4.48. The fourth-order valence-corrected chi connectivity index (χ4v) is 4.95. The van der Waals surface area contributed by atoms with Crippen LogP contribution in [0.15, 0.2) is 60.7 Å². The summed E-state index contributed by atoms with van der Waals surface area (Å²) in [5.41, 5.74) is 4.71. The van der Waals surface area contributed by atoms with E-state index in [1.807, 2.05) is 43.3 Å². The van der Waals surface area contributed by atoms with Gasteiger partial charge in [-0.05, 0) is 47.4 Å². The van der Waals surface area contributed by atoms with Crippen molar-refractivity contribution < 1.29 is 24.2 Å². The molecule has 7 nitrogen and oxygen atoms in total. The highest BCUT2D eigenvalue weighted by molar-refractivity contribution is 5.79. The normalized spacial score (nSPS) is 19.3. The first-order valence-corrected chi connectivity index (χ1v) is 12.2. The van der Waals surface area contributed by atoms with E-state index in [9.17, 15) is 19.5 Å². The minimum absolute atomic E-state index is 0.0188. The number of carboxylic acid groups (broad SMARTS) is 1. The summed E-state index contributed by atoms with van der Waals surface area (Å²) in [5, 5.41) is 14.9. The van der Waals surface area contributed by atoms with Crippen molar-refractivity contribution in [1.82, 2.24) is 10.6 Å². The number of fused-ring (bicyclic) bond motifs is 3. The second kappa shape index (κ2) is 11.2. The van der Waals surface area contributed by atoms with Crippen molar-refractivity contribution >= 4 is 18.0 Å². The third-order valence-electron chi connectivity index (χ3n) is 6.81. The Labute approximate surface area is 205 Å². The van der Waals surface area contributed by atoms with Crippen molar-refractivity contribution in [2.75, 3.05) is 13.2 Å². The van der Waals surface area contributed by atoms with Crippen molar-refractivity contribution in [2.24, 2.45) is 11.8 Å². The van der Waals surface area contributed by atoms with Crippen LogP contribution >= 0.6 is 0 Å². The number of carboxylic acids is 1. The molecular formula is C28H32N2O5. The van der Waals surface area contributed by atoms with Gasteiger partial charge in [-0.1, -0.05) is 67.6 Å². The molecule has 1 unspecified atom stereocenters. The Morgan fingerprint density at radius 1 is 1.06 bits per heavy atom. The van der Waals surface area contributed by atoms with Gasteiger partial charge < -0.3 is 20.5 Å². The quantitative estimate of drug-likeness (QED) is 0.463. The third kappa shape index (κ3) is 6.10. The largest absolute Gasteiger partial charge is 0.481 e. The molecule has 7 heteroatoms. The summed E-state index contributed by atoms with van der Waals surface area (Å²) in [7, 11) is 0. The molecule has 0 fully saturated rings. The maximum atomic E-state index is 12.3. The number of alkyl carbamates (subject to hydrolysis) is 1. The van der Waals surface area contributed by atoms with E-state index in [0.29, 0.717) is 32.2 Å². The minimum atomic E-state index is -0.832. The summed E-state index contributed by atoms with van der Waals surface area (Å²) in [6.45, 7) is 2.63. The Balaban J connectivity index is 1.17. The molecule has 0 saturated heterocycles. The highest BCUT2D eigenvalue weighted by Crippen LogP contribution is 2.44. The van der Waals surface area contributed by atoms with Gasteiger partial charge in [0.05, 0.1) is 5.92 Å². The van der Waals surface area contributed by atoms with Crippen LogP contribution in [0.2, 0.25) is 0 Å². The maximum absolute atomic E-state index is 12.3. The van der Waals surface area contributed by atoms with Gasteiger partial charge in [0, 0.05) is 24.9 Å². The molecule has 2 amide bonds. The zero-order valence-corrected chi connectivity index (χ0v) is 19.9. The molecular weight excluding hydrogens is 444 g/mol. The van der Waals surface area contributed by atoms with Crippen molar-refractivity contribution in [2.45, 2.75) is 44.6 Å². The number of hydrogen-bond acceptors (Lipinski definition) is 4. The van der Waals surface area contributed by atoms with E-state index < -0.39 is 18.0 Å². The Kier molecular flexibility index (Phi) is 7.85. The molecule has 4 rings (SSSR count). The second-order valence-electron chi connectivity index (χ2n) is 9.46. The number of benzene rings is 2. The predicted molar refractivity (Wildman–Crippen MR) is 133 cm³/mol. The van der Waals surface area contributed by atoms with Crippen LogP contribution in [0, 0.1) is 11.8 Å². The lowest BCUT2D eigenvalue weighted by Crippen LogP contribution is -2.38. The lowest BCUT2D eigenvalue weighted by Gasteiger charge is -2.23. The smallest absolute Gasteiger partial charge is 0.407 e. The lowest BCUT2D eigenvalue weighted by molar-refractivity contribution is -0.142. The number of carbonyl (C=O) groups excluding carboxylic acids is 2. The van der Waals surface area contributed by atoms with Gasteiger partial charge in [0.2, 0.25) is 5.91 Å². The molecule has 0 spiro atoms. The first kappa shape index (κ1) is 24.5. The summed E-state index contributed by atoms with van der Waals surface area (Å²) in [6, 6.07) is 16.2. The summed E-state index contributed by atoms with van der Waals surface area (Å²) in [4.78, 5) is 35.8. The standard InChI is InChI=1S/C28H32N2O5/c1-18(15-26(31)30-20-8-6-7-19(16-20)27(32)33)13-14-29-28(34)35-17-25-23-11-4-2-9-21(23)22-10-3-5-12-24(22)25/h2-6,8-12,18-20,25H,7,13-17H2,1H3,(H,29,34)(H,30,31)(H,32,33)/t18?,19-,20-/m0/s1. The number of amides is 2. The van der Waals surface area contributed by atoms with E-state index in [4.69, 9.17) is 4.74 Å². The van der Waals surface area contributed by atoms with Crippen molar-refractivity contribution in [3.8, 4) is 11.1 Å². The number of rotatable bonds is 9. The molecule has 35 heavy (non-hydrogen) atoms. The van der Waals surface area contributed by atoms with E-state index in [1.165, 1.54) is 22.3 Å². The summed E-state index contributed by atoms with van der Waals surface area (Å²) in [5.74, 6) is -1.32. The molecule has 0 aromatic heterocycles. The molecule has 0 bridgehead atoms. The van der Waals surface area contributed by atoms with Gasteiger partial charge in [0.15, 0.2) is 0 Å². The molecule has 0 aliphatic heterocycles. The van der Waals surface area contributed by atoms with Crippen LogP contribution in [-0.4, -0.2) is 42.3 Å². The number of allylic oxidation sites excluding steroid dienone is 1. The van der Waals surface area contributed by atoms with Gasteiger partial charge in [-0.2, -0.15) is 0 Å². The molecule has 0 saturated carbocycles. The van der Waals surface area contributed by atoms with Crippen LogP contribution in [0.4, 0.5) is 4.79 Å². The zero-order chi connectivity index (χ0) is 24.8. The van der Waals surface area contributed by atoms with Gasteiger partial charge in [0.25, 0.3) is 0 Å². The Morgan fingerprint density at radius 3 is 2.37 bits per heavy atom. The fraction of sp³-hybridized carbons (Fsp3) is 0.393. The Hall–Kier alpha value is -3.61. The van der Waals surface area contributed by atoms with E-state index >= 15 is 0 Å². The first-order valence-electron chi connectivity index (χ1n) is 12.2.